The van der Waals surface area contributed by atoms with E-state index in [0.717, 1.165) is 30.1 Å². The lowest BCUT2D eigenvalue weighted by molar-refractivity contribution is -0.133. The van der Waals surface area contributed by atoms with Gasteiger partial charge in [-0.2, -0.15) is 0 Å². The summed E-state index contributed by atoms with van der Waals surface area (Å²) >= 11 is 5.94. The predicted octanol–water partition coefficient (Wildman–Crippen LogP) is 3.38. The Bertz CT molecular complexity index is 773. The molecular weight excluding hydrogens is 352 g/mol. The van der Waals surface area contributed by atoms with Gasteiger partial charge in [0.1, 0.15) is 11.5 Å². The summed E-state index contributed by atoms with van der Waals surface area (Å²) in [6, 6.07) is 13.4. The maximum Gasteiger partial charge on any atom is 0.260 e. The highest BCUT2D eigenvalue weighted by Crippen LogP contribution is 2.23. The van der Waals surface area contributed by atoms with Gasteiger partial charge in [0.05, 0.1) is 7.11 Å². The van der Waals surface area contributed by atoms with E-state index in [0.29, 0.717) is 23.9 Å². The number of carbonyl (C=O) groups excluding carboxylic acids is 1. The molecule has 1 aliphatic heterocycles. The number of amides is 1. The molecule has 1 amide bonds. The Kier molecular flexibility index (Phi) is 5.89. The van der Waals surface area contributed by atoms with Gasteiger partial charge in [-0.15, -0.1) is 0 Å². The van der Waals surface area contributed by atoms with Gasteiger partial charge in [-0.05, 0) is 42.8 Å². The Balaban J connectivity index is 1.51. The first-order chi connectivity index (χ1) is 12.6. The van der Waals surface area contributed by atoms with Crippen LogP contribution in [0.4, 0.5) is 5.69 Å². The van der Waals surface area contributed by atoms with E-state index in [1.807, 2.05) is 36.1 Å². The summed E-state index contributed by atoms with van der Waals surface area (Å²) in [6.07, 6.45) is 0. The molecule has 138 valence electrons. The third-order valence-electron chi connectivity index (χ3n) is 4.54. The number of hydrogen-bond donors (Lipinski definition) is 0. The predicted molar refractivity (Wildman–Crippen MR) is 103 cm³/mol. The molecule has 0 atom stereocenters. The lowest BCUT2D eigenvalue weighted by Crippen LogP contribution is -2.50. The number of methoxy groups -OCH3 is 1. The van der Waals surface area contributed by atoms with E-state index in [9.17, 15) is 4.79 Å². The highest BCUT2D eigenvalue weighted by molar-refractivity contribution is 6.30. The minimum absolute atomic E-state index is 0.00430. The first-order valence-electron chi connectivity index (χ1n) is 8.62. The fourth-order valence-electron chi connectivity index (χ4n) is 3.03. The fraction of sp³-hybridized carbons (Fsp3) is 0.350. The zero-order valence-corrected chi connectivity index (χ0v) is 15.8. The van der Waals surface area contributed by atoms with Crippen molar-refractivity contribution >= 4 is 23.2 Å². The minimum Gasteiger partial charge on any atom is -0.497 e. The number of piperazine rings is 1. The summed E-state index contributed by atoms with van der Waals surface area (Å²) in [5.74, 6) is 1.54. The molecule has 5 nitrogen and oxygen atoms in total. The average Bonchev–Trinajstić information content (AvgIpc) is 2.67. The van der Waals surface area contributed by atoms with Crippen LogP contribution in [0.1, 0.15) is 5.56 Å². The van der Waals surface area contributed by atoms with E-state index in [4.69, 9.17) is 21.1 Å². The molecule has 1 heterocycles. The van der Waals surface area contributed by atoms with Gasteiger partial charge in [0.25, 0.3) is 5.91 Å². The summed E-state index contributed by atoms with van der Waals surface area (Å²) in [7, 11) is 1.66. The molecule has 0 N–H and O–H groups in total. The molecule has 0 spiro atoms. The SMILES string of the molecule is COc1cccc(N2CCN(C(=O)COc3ccc(Cl)cc3C)CC2)c1. The zero-order valence-electron chi connectivity index (χ0n) is 15.1. The van der Waals surface area contributed by atoms with Crippen LogP contribution in [0.3, 0.4) is 0 Å². The Morgan fingerprint density at radius 2 is 1.88 bits per heavy atom. The van der Waals surface area contributed by atoms with Crippen LogP contribution in [0.25, 0.3) is 0 Å². The van der Waals surface area contributed by atoms with Crippen molar-refractivity contribution in [1.82, 2.24) is 4.90 Å². The van der Waals surface area contributed by atoms with Gasteiger partial charge in [0, 0.05) is 43.0 Å². The summed E-state index contributed by atoms with van der Waals surface area (Å²) in [6.45, 7) is 4.90. The molecule has 1 fully saturated rings. The first kappa shape index (κ1) is 18.4. The molecule has 0 aliphatic carbocycles. The van der Waals surface area contributed by atoms with Crippen LogP contribution in [0.15, 0.2) is 42.5 Å². The molecule has 0 radical (unpaired) electrons. The van der Waals surface area contributed by atoms with Crippen LogP contribution < -0.4 is 14.4 Å². The number of anilines is 1. The Labute approximate surface area is 159 Å². The lowest BCUT2D eigenvalue weighted by atomic mass is 10.2. The van der Waals surface area contributed by atoms with Gasteiger partial charge < -0.3 is 19.3 Å². The Morgan fingerprint density at radius 3 is 2.58 bits per heavy atom. The van der Waals surface area contributed by atoms with Crippen molar-refractivity contribution in [3.63, 3.8) is 0 Å². The molecule has 0 aromatic heterocycles. The number of benzene rings is 2. The van der Waals surface area contributed by atoms with E-state index >= 15 is 0 Å². The average molecular weight is 375 g/mol. The second kappa shape index (κ2) is 8.32. The number of hydrogen-bond acceptors (Lipinski definition) is 4. The Hall–Kier alpha value is -2.40. The number of ether oxygens (including phenoxy) is 2. The number of halogens is 1. The van der Waals surface area contributed by atoms with Crippen LogP contribution in [0, 0.1) is 6.92 Å². The summed E-state index contributed by atoms with van der Waals surface area (Å²) < 4.78 is 10.9. The van der Waals surface area contributed by atoms with E-state index in [-0.39, 0.29) is 12.5 Å². The minimum atomic E-state index is 0.00430. The van der Waals surface area contributed by atoms with E-state index in [2.05, 4.69) is 11.0 Å². The molecule has 0 saturated carbocycles. The van der Waals surface area contributed by atoms with Crippen molar-refractivity contribution in [2.24, 2.45) is 0 Å². The number of carbonyl (C=O) groups is 1. The third kappa shape index (κ3) is 4.41. The number of rotatable bonds is 5. The monoisotopic (exact) mass is 374 g/mol. The van der Waals surface area contributed by atoms with Gasteiger partial charge in [-0.1, -0.05) is 17.7 Å². The van der Waals surface area contributed by atoms with Crippen LogP contribution in [0.5, 0.6) is 11.5 Å². The lowest BCUT2D eigenvalue weighted by Gasteiger charge is -2.36. The molecule has 3 rings (SSSR count). The summed E-state index contributed by atoms with van der Waals surface area (Å²) in [4.78, 5) is 16.5. The van der Waals surface area contributed by atoms with Crippen molar-refractivity contribution in [3.05, 3.63) is 53.1 Å². The van der Waals surface area contributed by atoms with Crippen molar-refractivity contribution in [2.45, 2.75) is 6.92 Å². The van der Waals surface area contributed by atoms with E-state index in [1.54, 1.807) is 19.2 Å². The van der Waals surface area contributed by atoms with Crippen molar-refractivity contribution in [1.29, 1.82) is 0 Å². The van der Waals surface area contributed by atoms with Gasteiger partial charge in [0.2, 0.25) is 0 Å². The summed E-state index contributed by atoms with van der Waals surface area (Å²) in [5.41, 5.74) is 2.04. The number of aryl methyl sites for hydroxylation is 1. The first-order valence-corrected chi connectivity index (χ1v) is 9.00. The molecular formula is C20H23ClN2O3. The van der Waals surface area contributed by atoms with Crippen LogP contribution in [-0.4, -0.2) is 50.7 Å². The maximum atomic E-state index is 12.4. The normalized spacial score (nSPS) is 14.3. The van der Waals surface area contributed by atoms with Crippen molar-refractivity contribution in [3.8, 4) is 11.5 Å². The van der Waals surface area contributed by atoms with Crippen LogP contribution in [0.2, 0.25) is 5.02 Å². The van der Waals surface area contributed by atoms with E-state index in [1.165, 1.54) is 0 Å². The van der Waals surface area contributed by atoms with Crippen molar-refractivity contribution < 1.29 is 14.3 Å². The van der Waals surface area contributed by atoms with Gasteiger partial charge >= 0.3 is 0 Å². The highest BCUT2D eigenvalue weighted by Gasteiger charge is 2.22. The largest absolute Gasteiger partial charge is 0.497 e. The van der Waals surface area contributed by atoms with Crippen molar-refractivity contribution in [2.75, 3.05) is 44.8 Å². The standard InChI is InChI=1S/C20H23ClN2O3/c1-15-12-16(21)6-7-19(15)26-14-20(24)23-10-8-22(9-11-23)17-4-3-5-18(13-17)25-2/h3-7,12-13H,8-11,14H2,1-2H3. The molecule has 6 heteroatoms. The molecule has 1 aliphatic rings. The summed E-state index contributed by atoms with van der Waals surface area (Å²) in [5, 5.41) is 0.662. The molecule has 2 aromatic rings. The fourth-order valence-corrected chi connectivity index (χ4v) is 3.25. The third-order valence-corrected chi connectivity index (χ3v) is 4.77. The van der Waals surface area contributed by atoms with Gasteiger partial charge in [0.15, 0.2) is 6.61 Å². The quantitative estimate of drug-likeness (QED) is 0.804. The smallest absolute Gasteiger partial charge is 0.260 e. The maximum absolute atomic E-state index is 12.4. The molecule has 0 unspecified atom stereocenters. The molecule has 0 bridgehead atoms. The van der Waals surface area contributed by atoms with Crippen LogP contribution >= 0.6 is 11.6 Å². The highest BCUT2D eigenvalue weighted by atomic mass is 35.5. The topological polar surface area (TPSA) is 42.0 Å². The second-order valence-corrected chi connectivity index (χ2v) is 6.70. The second-order valence-electron chi connectivity index (χ2n) is 6.27. The van der Waals surface area contributed by atoms with Gasteiger partial charge in [-0.25, -0.2) is 0 Å². The molecule has 26 heavy (non-hydrogen) atoms. The Morgan fingerprint density at radius 1 is 1.12 bits per heavy atom. The molecule has 2 aromatic carbocycles. The molecule has 1 saturated heterocycles. The van der Waals surface area contributed by atoms with Crippen LogP contribution in [-0.2, 0) is 4.79 Å². The number of nitrogens with zero attached hydrogens (tertiary/aromatic N) is 2. The van der Waals surface area contributed by atoms with E-state index < -0.39 is 0 Å². The zero-order chi connectivity index (χ0) is 18.5. The van der Waals surface area contributed by atoms with Gasteiger partial charge in [-0.3, -0.25) is 4.79 Å².